The molecule has 0 atom stereocenters. The fourth-order valence-corrected chi connectivity index (χ4v) is 4.70. The Bertz CT molecular complexity index is 1420. The van der Waals surface area contributed by atoms with Gasteiger partial charge in [-0.3, -0.25) is 9.67 Å². The van der Waals surface area contributed by atoms with Crippen LogP contribution in [0.15, 0.2) is 67.3 Å². The molecule has 1 aromatic carbocycles. The normalized spacial score (nSPS) is 14.2. The largest absolute Gasteiger partial charge is 0.444 e. The lowest BCUT2D eigenvalue weighted by Gasteiger charge is -2.34. The Morgan fingerprint density at radius 3 is 2.52 bits per heavy atom. The molecule has 1 aliphatic heterocycles. The highest BCUT2D eigenvalue weighted by Crippen LogP contribution is 2.30. The number of hydrogen-bond donors (Lipinski definition) is 2. The zero-order valence-corrected chi connectivity index (χ0v) is 23.5. The molecule has 1 fully saturated rings. The number of amides is 1. The number of hydrogen-bond acceptors (Lipinski definition) is 8. The number of aryl methyl sites for hydroxylation is 1. The SMILES string of the molecule is CCn1cc(-c2ccnc(Nc3ccc(N4CCC(NC(=O)OC(C)(C)C)CC4)cc3)n2)c(-c2cccnc2)n1. The molecule has 2 N–H and O–H groups in total. The minimum Gasteiger partial charge on any atom is -0.444 e. The Kier molecular flexibility index (Phi) is 7.95. The average molecular weight is 541 g/mol. The third-order valence-electron chi connectivity index (χ3n) is 6.66. The fraction of sp³-hybridized carbons (Fsp3) is 0.367. The quantitative estimate of drug-likeness (QED) is 0.309. The molecule has 1 saturated heterocycles. The number of nitrogens with one attached hydrogen (secondary N) is 2. The van der Waals surface area contributed by atoms with Gasteiger partial charge in [0, 0.05) is 73.0 Å². The number of aromatic nitrogens is 5. The van der Waals surface area contributed by atoms with Gasteiger partial charge in [0.25, 0.3) is 0 Å². The predicted molar refractivity (Wildman–Crippen MR) is 156 cm³/mol. The second-order valence-electron chi connectivity index (χ2n) is 10.8. The van der Waals surface area contributed by atoms with Crippen molar-refractivity contribution in [3.63, 3.8) is 0 Å². The van der Waals surface area contributed by atoms with Crippen LogP contribution in [0.1, 0.15) is 40.5 Å². The summed E-state index contributed by atoms with van der Waals surface area (Å²) in [6.07, 6.45) is 8.73. The lowest BCUT2D eigenvalue weighted by atomic mass is 10.0. The molecule has 4 aromatic rings. The van der Waals surface area contributed by atoms with Gasteiger partial charge in [-0.25, -0.2) is 14.8 Å². The second kappa shape index (κ2) is 11.7. The Morgan fingerprint density at radius 1 is 1.07 bits per heavy atom. The summed E-state index contributed by atoms with van der Waals surface area (Å²) >= 11 is 0. The number of anilines is 3. The number of carbonyl (C=O) groups is 1. The van der Waals surface area contributed by atoms with Crippen molar-refractivity contribution in [3.8, 4) is 22.5 Å². The number of piperidine rings is 1. The van der Waals surface area contributed by atoms with Crippen molar-refractivity contribution in [2.24, 2.45) is 0 Å². The molecule has 10 heteroatoms. The van der Waals surface area contributed by atoms with Crippen molar-refractivity contribution in [2.75, 3.05) is 23.3 Å². The van der Waals surface area contributed by atoms with E-state index in [4.69, 9.17) is 14.8 Å². The van der Waals surface area contributed by atoms with Crippen LogP contribution in [0.5, 0.6) is 0 Å². The maximum Gasteiger partial charge on any atom is 0.407 e. The monoisotopic (exact) mass is 540 g/mol. The van der Waals surface area contributed by atoms with Gasteiger partial charge < -0.3 is 20.3 Å². The molecule has 0 radical (unpaired) electrons. The summed E-state index contributed by atoms with van der Waals surface area (Å²) in [5.41, 5.74) is 5.06. The number of rotatable bonds is 7. The minimum atomic E-state index is -0.492. The van der Waals surface area contributed by atoms with E-state index in [9.17, 15) is 4.79 Å². The Hall–Kier alpha value is -4.47. The first-order chi connectivity index (χ1) is 19.3. The van der Waals surface area contributed by atoms with Crippen molar-refractivity contribution < 1.29 is 9.53 Å². The topological polar surface area (TPSA) is 110 Å². The van der Waals surface area contributed by atoms with E-state index in [1.165, 1.54) is 0 Å². The smallest absolute Gasteiger partial charge is 0.407 e. The van der Waals surface area contributed by atoms with Gasteiger partial charge >= 0.3 is 6.09 Å². The lowest BCUT2D eigenvalue weighted by molar-refractivity contribution is 0.0497. The van der Waals surface area contributed by atoms with Crippen molar-refractivity contribution in [1.82, 2.24) is 30.0 Å². The third-order valence-corrected chi connectivity index (χ3v) is 6.66. The van der Waals surface area contributed by atoms with E-state index < -0.39 is 5.60 Å². The maximum atomic E-state index is 12.1. The molecule has 208 valence electrons. The number of nitrogens with zero attached hydrogens (tertiary/aromatic N) is 6. The lowest BCUT2D eigenvalue weighted by Crippen LogP contribution is -2.46. The van der Waals surface area contributed by atoms with Crippen LogP contribution in [0.2, 0.25) is 0 Å². The molecule has 1 aliphatic rings. The molecule has 40 heavy (non-hydrogen) atoms. The number of alkyl carbamates (subject to hydrolysis) is 1. The molecule has 3 aromatic heterocycles. The van der Waals surface area contributed by atoms with Crippen LogP contribution in [-0.4, -0.2) is 55.6 Å². The van der Waals surface area contributed by atoms with E-state index in [-0.39, 0.29) is 12.1 Å². The summed E-state index contributed by atoms with van der Waals surface area (Å²) < 4.78 is 7.30. The van der Waals surface area contributed by atoms with E-state index in [1.807, 2.05) is 68.2 Å². The Labute approximate surface area is 234 Å². The molecule has 0 spiro atoms. The first kappa shape index (κ1) is 27.1. The fourth-order valence-electron chi connectivity index (χ4n) is 4.70. The summed E-state index contributed by atoms with van der Waals surface area (Å²) in [4.78, 5) is 27.9. The van der Waals surface area contributed by atoms with Crippen molar-refractivity contribution >= 4 is 23.4 Å². The summed E-state index contributed by atoms with van der Waals surface area (Å²) in [5, 5.41) is 11.1. The molecule has 1 amide bonds. The van der Waals surface area contributed by atoms with Crippen LogP contribution in [0, 0.1) is 0 Å². The van der Waals surface area contributed by atoms with Gasteiger partial charge in [0.05, 0.1) is 5.69 Å². The van der Waals surface area contributed by atoms with Crippen LogP contribution in [0.4, 0.5) is 22.1 Å². The summed E-state index contributed by atoms with van der Waals surface area (Å²) in [6, 6.07) is 14.2. The van der Waals surface area contributed by atoms with Gasteiger partial charge in [0.1, 0.15) is 11.3 Å². The molecule has 5 rings (SSSR count). The zero-order valence-electron chi connectivity index (χ0n) is 23.5. The van der Waals surface area contributed by atoms with Crippen molar-refractivity contribution in [1.29, 1.82) is 0 Å². The molecular formula is C30H36N8O2. The molecule has 0 saturated carbocycles. The van der Waals surface area contributed by atoms with Gasteiger partial charge in [-0.15, -0.1) is 0 Å². The molecular weight excluding hydrogens is 504 g/mol. The highest BCUT2D eigenvalue weighted by molar-refractivity contribution is 5.78. The van der Waals surface area contributed by atoms with E-state index in [0.717, 1.165) is 66.4 Å². The van der Waals surface area contributed by atoms with Gasteiger partial charge in [-0.2, -0.15) is 5.10 Å². The van der Waals surface area contributed by atoms with E-state index in [1.54, 1.807) is 12.4 Å². The molecule has 10 nitrogen and oxygen atoms in total. The maximum absolute atomic E-state index is 12.1. The minimum absolute atomic E-state index is 0.125. The van der Waals surface area contributed by atoms with Crippen LogP contribution in [-0.2, 0) is 11.3 Å². The number of pyridine rings is 1. The van der Waals surface area contributed by atoms with Crippen LogP contribution >= 0.6 is 0 Å². The predicted octanol–water partition coefficient (Wildman–Crippen LogP) is 5.66. The molecule has 4 heterocycles. The Morgan fingerprint density at radius 2 is 1.85 bits per heavy atom. The highest BCUT2D eigenvalue weighted by Gasteiger charge is 2.24. The first-order valence-electron chi connectivity index (χ1n) is 13.7. The standard InChI is InChI=1S/C30H36N8O2/c1-5-38-20-25(27(36-38)21-7-6-15-31-19-21)26-12-16-32-28(35-26)33-22-8-10-24(11-9-22)37-17-13-23(14-18-37)34-29(39)40-30(2,3)4/h6-12,15-16,19-20,23H,5,13-14,17-18H2,1-4H3,(H,34,39)(H,32,33,35). The summed E-state index contributed by atoms with van der Waals surface area (Å²) in [6.45, 7) is 10.2. The van der Waals surface area contributed by atoms with Gasteiger partial charge in [-0.05, 0) is 83.0 Å². The van der Waals surface area contributed by atoms with E-state index in [0.29, 0.717) is 5.95 Å². The number of carbonyl (C=O) groups excluding carboxylic acids is 1. The molecule has 0 bridgehead atoms. The van der Waals surface area contributed by atoms with Gasteiger partial charge in [-0.1, -0.05) is 0 Å². The van der Waals surface area contributed by atoms with E-state index >= 15 is 0 Å². The third kappa shape index (κ3) is 6.74. The van der Waals surface area contributed by atoms with E-state index in [2.05, 4.69) is 44.6 Å². The number of benzene rings is 1. The summed E-state index contributed by atoms with van der Waals surface area (Å²) in [5.74, 6) is 0.515. The van der Waals surface area contributed by atoms with Crippen molar-refractivity contribution in [3.05, 3.63) is 67.3 Å². The van der Waals surface area contributed by atoms with Gasteiger partial charge in [0.2, 0.25) is 5.95 Å². The zero-order chi connectivity index (χ0) is 28.1. The average Bonchev–Trinajstić information content (AvgIpc) is 3.38. The highest BCUT2D eigenvalue weighted by atomic mass is 16.6. The second-order valence-corrected chi connectivity index (χ2v) is 10.8. The van der Waals surface area contributed by atoms with Crippen molar-refractivity contribution in [2.45, 2.75) is 58.7 Å². The summed E-state index contributed by atoms with van der Waals surface area (Å²) in [7, 11) is 0. The van der Waals surface area contributed by atoms with Crippen LogP contribution < -0.4 is 15.5 Å². The molecule has 0 unspecified atom stereocenters. The van der Waals surface area contributed by atoms with Crippen LogP contribution in [0.3, 0.4) is 0 Å². The van der Waals surface area contributed by atoms with Gasteiger partial charge in [0.15, 0.2) is 0 Å². The first-order valence-corrected chi connectivity index (χ1v) is 13.7. The number of ether oxygens (including phenoxy) is 1. The Balaban J connectivity index is 1.22. The molecule has 0 aliphatic carbocycles. The van der Waals surface area contributed by atoms with Crippen LogP contribution in [0.25, 0.3) is 22.5 Å².